The highest BCUT2D eigenvalue weighted by Crippen LogP contribution is 2.41. The lowest BCUT2D eigenvalue weighted by Crippen LogP contribution is -2.31. The molecule has 0 saturated carbocycles. The highest BCUT2D eigenvalue weighted by Gasteiger charge is 2.46. The molecule has 33 heavy (non-hydrogen) atoms. The molecular formula is C24H24N2O7. The van der Waals surface area contributed by atoms with E-state index in [1.807, 2.05) is 6.92 Å². The van der Waals surface area contributed by atoms with Gasteiger partial charge in [0.2, 0.25) is 0 Å². The second kappa shape index (κ2) is 9.03. The first kappa shape index (κ1) is 22.5. The van der Waals surface area contributed by atoms with Gasteiger partial charge < -0.3 is 19.5 Å². The van der Waals surface area contributed by atoms with Gasteiger partial charge in [0.05, 0.1) is 16.5 Å². The SMILES string of the molecule is COCCCN1C(=O)C(=O)C(=C(O)c2ccc3c(c2)CC(C)O3)C1c1ccc([N+](=O)[O-])cc1. The Morgan fingerprint density at radius 3 is 2.64 bits per heavy atom. The molecule has 1 fully saturated rings. The standard InChI is InChI=1S/C24H24N2O7/c1-14-12-17-13-16(6-9-19(17)33-14)22(27)20-21(15-4-7-18(8-5-15)26(30)31)25(10-3-11-32-2)24(29)23(20)28/h4-9,13-14,21,27H,3,10-12H2,1-2H3. The van der Waals surface area contributed by atoms with Gasteiger partial charge in [0.25, 0.3) is 17.4 Å². The third kappa shape index (κ3) is 4.19. The van der Waals surface area contributed by atoms with Gasteiger partial charge in [-0.05, 0) is 54.8 Å². The second-order valence-corrected chi connectivity index (χ2v) is 8.14. The van der Waals surface area contributed by atoms with Gasteiger partial charge in [0.15, 0.2) is 0 Å². The van der Waals surface area contributed by atoms with E-state index in [0.29, 0.717) is 30.6 Å². The molecule has 4 rings (SSSR count). The molecule has 2 aliphatic rings. The number of amides is 1. The van der Waals surface area contributed by atoms with E-state index in [4.69, 9.17) is 9.47 Å². The number of carbonyl (C=O) groups is 2. The molecule has 2 aromatic carbocycles. The van der Waals surface area contributed by atoms with Crippen LogP contribution in [0.2, 0.25) is 0 Å². The number of hydrogen-bond acceptors (Lipinski definition) is 7. The molecule has 0 spiro atoms. The number of fused-ring (bicyclic) bond motifs is 1. The first-order valence-electron chi connectivity index (χ1n) is 10.6. The maximum atomic E-state index is 13.0. The van der Waals surface area contributed by atoms with Gasteiger partial charge in [-0.3, -0.25) is 19.7 Å². The van der Waals surface area contributed by atoms with Crippen LogP contribution >= 0.6 is 0 Å². The number of carbonyl (C=O) groups excluding carboxylic acids is 2. The Labute approximate surface area is 190 Å². The number of aliphatic hydroxyl groups is 1. The Morgan fingerprint density at radius 1 is 1.24 bits per heavy atom. The molecule has 2 heterocycles. The zero-order chi connectivity index (χ0) is 23.7. The summed E-state index contributed by atoms with van der Waals surface area (Å²) >= 11 is 0. The molecule has 1 N–H and O–H groups in total. The van der Waals surface area contributed by atoms with Crippen molar-refractivity contribution in [1.29, 1.82) is 0 Å². The van der Waals surface area contributed by atoms with Crippen molar-refractivity contribution in [3.05, 3.63) is 74.8 Å². The van der Waals surface area contributed by atoms with Gasteiger partial charge >= 0.3 is 0 Å². The molecule has 2 aromatic rings. The maximum absolute atomic E-state index is 13.0. The average Bonchev–Trinajstić information content (AvgIpc) is 3.29. The number of aliphatic hydroxyl groups excluding tert-OH is 1. The summed E-state index contributed by atoms with van der Waals surface area (Å²) < 4.78 is 10.8. The summed E-state index contributed by atoms with van der Waals surface area (Å²) in [5.41, 5.74) is 1.67. The minimum absolute atomic E-state index is 0.0175. The van der Waals surface area contributed by atoms with Gasteiger partial charge in [-0.2, -0.15) is 0 Å². The van der Waals surface area contributed by atoms with Crippen LogP contribution in [0.1, 0.15) is 36.1 Å². The molecule has 9 nitrogen and oxygen atoms in total. The third-order valence-electron chi connectivity index (χ3n) is 5.88. The predicted octanol–water partition coefficient (Wildman–Crippen LogP) is 3.38. The van der Waals surface area contributed by atoms with Crippen LogP contribution in [-0.4, -0.2) is 53.0 Å². The first-order valence-corrected chi connectivity index (χ1v) is 10.6. The van der Waals surface area contributed by atoms with E-state index in [0.717, 1.165) is 11.3 Å². The van der Waals surface area contributed by atoms with Crippen molar-refractivity contribution in [2.75, 3.05) is 20.3 Å². The summed E-state index contributed by atoms with van der Waals surface area (Å²) in [6, 6.07) is 9.93. The molecule has 9 heteroatoms. The number of hydrogen-bond donors (Lipinski definition) is 1. The molecule has 1 saturated heterocycles. The molecule has 2 atom stereocenters. The number of likely N-dealkylation sites (tertiary alicyclic amines) is 1. The predicted molar refractivity (Wildman–Crippen MR) is 119 cm³/mol. The minimum Gasteiger partial charge on any atom is -0.507 e. The van der Waals surface area contributed by atoms with Crippen LogP contribution in [0.4, 0.5) is 5.69 Å². The van der Waals surface area contributed by atoms with Crippen molar-refractivity contribution < 1.29 is 29.1 Å². The zero-order valence-corrected chi connectivity index (χ0v) is 18.3. The molecule has 0 aromatic heterocycles. The van der Waals surface area contributed by atoms with Crippen molar-refractivity contribution >= 4 is 23.1 Å². The summed E-state index contributed by atoms with van der Waals surface area (Å²) in [6.45, 7) is 2.56. The summed E-state index contributed by atoms with van der Waals surface area (Å²) in [5, 5.41) is 22.2. The second-order valence-electron chi connectivity index (χ2n) is 8.14. The highest BCUT2D eigenvalue weighted by atomic mass is 16.6. The fourth-order valence-electron chi connectivity index (χ4n) is 4.34. The Bertz CT molecular complexity index is 1140. The van der Waals surface area contributed by atoms with Gasteiger partial charge in [-0.25, -0.2) is 0 Å². The number of ether oxygens (including phenoxy) is 2. The van der Waals surface area contributed by atoms with Crippen molar-refractivity contribution in [1.82, 2.24) is 4.90 Å². The van der Waals surface area contributed by atoms with E-state index in [2.05, 4.69) is 0 Å². The molecule has 172 valence electrons. The summed E-state index contributed by atoms with van der Waals surface area (Å²) in [5.74, 6) is -1.08. The first-order chi connectivity index (χ1) is 15.8. The fourth-order valence-corrected chi connectivity index (χ4v) is 4.34. The number of nitro groups is 1. The van der Waals surface area contributed by atoms with E-state index in [-0.39, 0.29) is 29.7 Å². The van der Waals surface area contributed by atoms with Crippen LogP contribution in [0.15, 0.2) is 48.0 Å². The molecule has 0 bridgehead atoms. The van der Waals surface area contributed by atoms with Gasteiger partial charge in [0, 0.05) is 44.4 Å². The Kier molecular flexibility index (Phi) is 6.15. The fraction of sp³-hybridized carbons (Fsp3) is 0.333. The molecule has 0 radical (unpaired) electrons. The molecule has 2 aliphatic heterocycles. The minimum atomic E-state index is -0.869. The van der Waals surface area contributed by atoms with Crippen molar-refractivity contribution in [3.8, 4) is 5.75 Å². The van der Waals surface area contributed by atoms with Gasteiger partial charge in [-0.15, -0.1) is 0 Å². The lowest BCUT2D eigenvalue weighted by atomic mass is 9.94. The van der Waals surface area contributed by atoms with Crippen molar-refractivity contribution in [3.63, 3.8) is 0 Å². The monoisotopic (exact) mass is 452 g/mol. The lowest BCUT2D eigenvalue weighted by Gasteiger charge is -2.25. The maximum Gasteiger partial charge on any atom is 0.295 e. The van der Waals surface area contributed by atoms with Crippen LogP contribution in [0.5, 0.6) is 5.75 Å². The highest BCUT2D eigenvalue weighted by molar-refractivity contribution is 6.46. The number of ketones is 1. The van der Waals surface area contributed by atoms with Crippen LogP contribution in [0.25, 0.3) is 5.76 Å². The van der Waals surface area contributed by atoms with E-state index < -0.39 is 22.7 Å². The number of rotatable bonds is 7. The Morgan fingerprint density at radius 2 is 1.97 bits per heavy atom. The van der Waals surface area contributed by atoms with Crippen molar-refractivity contribution in [2.45, 2.75) is 31.9 Å². The summed E-state index contributed by atoms with van der Waals surface area (Å²) in [4.78, 5) is 37.9. The topological polar surface area (TPSA) is 119 Å². The van der Waals surface area contributed by atoms with E-state index >= 15 is 0 Å². The van der Waals surface area contributed by atoms with Crippen LogP contribution in [0.3, 0.4) is 0 Å². The van der Waals surface area contributed by atoms with Crippen LogP contribution < -0.4 is 4.74 Å². The van der Waals surface area contributed by atoms with E-state index in [1.165, 1.54) is 29.2 Å². The Hall–Kier alpha value is -3.72. The number of non-ortho nitro benzene ring substituents is 1. The van der Waals surface area contributed by atoms with E-state index in [1.54, 1.807) is 25.3 Å². The van der Waals surface area contributed by atoms with Gasteiger partial charge in [-0.1, -0.05) is 0 Å². The summed E-state index contributed by atoms with van der Waals surface area (Å²) in [7, 11) is 1.54. The largest absolute Gasteiger partial charge is 0.507 e. The molecule has 1 amide bonds. The smallest absolute Gasteiger partial charge is 0.295 e. The number of methoxy groups -OCH3 is 1. The normalized spacial score (nSPS) is 21.2. The lowest BCUT2D eigenvalue weighted by molar-refractivity contribution is -0.384. The van der Waals surface area contributed by atoms with Gasteiger partial charge in [0.1, 0.15) is 17.6 Å². The van der Waals surface area contributed by atoms with Crippen LogP contribution in [-0.2, 0) is 20.7 Å². The number of Topliss-reactive ketones (excluding diaryl/α,β-unsaturated/α-hetero) is 1. The number of benzene rings is 2. The molecular weight excluding hydrogens is 428 g/mol. The zero-order valence-electron chi connectivity index (χ0n) is 18.3. The number of nitro benzene ring substituents is 1. The Balaban J connectivity index is 1.79. The van der Waals surface area contributed by atoms with Crippen molar-refractivity contribution in [2.24, 2.45) is 0 Å². The van der Waals surface area contributed by atoms with E-state index in [9.17, 15) is 24.8 Å². The molecule has 2 unspecified atom stereocenters. The number of nitrogens with zero attached hydrogens (tertiary/aromatic N) is 2. The average molecular weight is 452 g/mol. The summed E-state index contributed by atoms with van der Waals surface area (Å²) in [6.07, 6.45) is 1.18. The quantitative estimate of drug-likeness (QED) is 0.171. The molecule has 0 aliphatic carbocycles. The third-order valence-corrected chi connectivity index (χ3v) is 5.88. The van der Waals surface area contributed by atoms with Crippen LogP contribution in [0, 0.1) is 10.1 Å².